The van der Waals surface area contributed by atoms with Crippen molar-refractivity contribution in [2.24, 2.45) is 0 Å². The highest BCUT2D eigenvalue weighted by molar-refractivity contribution is 7.88. The molecule has 1 aromatic carbocycles. The van der Waals surface area contributed by atoms with Crippen LogP contribution in [0, 0.1) is 0 Å². The Balaban J connectivity index is 0.00000576. The summed E-state index contributed by atoms with van der Waals surface area (Å²) in [6, 6.07) is 7.04. The predicted octanol–water partition coefficient (Wildman–Crippen LogP) is 0.788. The van der Waals surface area contributed by atoms with Crippen molar-refractivity contribution in [2.45, 2.75) is 32.2 Å². The van der Waals surface area contributed by atoms with Crippen molar-refractivity contribution in [1.29, 1.82) is 0 Å². The van der Waals surface area contributed by atoms with Gasteiger partial charge in [-0.2, -0.15) is 0 Å². The molecule has 0 aliphatic carbocycles. The van der Waals surface area contributed by atoms with E-state index < -0.39 is 10.0 Å². The number of rotatable bonds is 11. The van der Waals surface area contributed by atoms with Crippen LogP contribution in [0.5, 0.6) is 0 Å². The summed E-state index contributed by atoms with van der Waals surface area (Å²) in [5, 5.41) is 5.76. The third-order valence-corrected chi connectivity index (χ3v) is 4.60. The van der Waals surface area contributed by atoms with Crippen LogP contribution in [-0.2, 0) is 31.9 Å². The average molecular weight is 394 g/mol. The maximum absolute atomic E-state index is 11.9. The van der Waals surface area contributed by atoms with E-state index >= 15 is 0 Å². The molecule has 0 aliphatic heterocycles. The minimum Gasteiger partial charge on any atom is -0.383 e. The molecule has 25 heavy (non-hydrogen) atoms. The van der Waals surface area contributed by atoms with Crippen molar-refractivity contribution in [3.63, 3.8) is 0 Å². The summed E-state index contributed by atoms with van der Waals surface area (Å²) < 4.78 is 31.2. The molecule has 0 aromatic heterocycles. The first kappa shape index (κ1) is 23.8. The van der Waals surface area contributed by atoms with E-state index in [1.165, 1.54) is 0 Å². The molecule has 0 radical (unpaired) electrons. The van der Waals surface area contributed by atoms with Gasteiger partial charge >= 0.3 is 0 Å². The molecular formula is C16H28ClN3O4S. The van der Waals surface area contributed by atoms with E-state index in [0.29, 0.717) is 25.3 Å². The van der Waals surface area contributed by atoms with Gasteiger partial charge in [0.25, 0.3) is 0 Å². The molecule has 0 atom stereocenters. The Hall–Kier alpha value is -1.19. The molecular weight excluding hydrogens is 366 g/mol. The summed E-state index contributed by atoms with van der Waals surface area (Å²) in [7, 11) is -1.72. The lowest BCUT2D eigenvalue weighted by Crippen LogP contribution is -2.34. The Labute approximate surface area is 156 Å². The van der Waals surface area contributed by atoms with E-state index in [2.05, 4.69) is 15.4 Å². The van der Waals surface area contributed by atoms with Crippen molar-refractivity contribution in [3.8, 4) is 0 Å². The first-order valence-corrected chi connectivity index (χ1v) is 9.52. The fourth-order valence-electron chi connectivity index (χ4n) is 2.01. The Morgan fingerprint density at radius 1 is 1.16 bits per heavy atom. The van der Waals surface area contributed by atoms with Gasteiger partial charge in [-0.3, -0.25) is 4.79 Å². The van der Waals surface area contributed by atoms with Crippen LogP contribution in [-0.4, -0.2) is 47.2 Å². The molecule has 0 heterocycles. The molecule has 0 spiro atoms. The van der Waals surface area contributed by atoms with Crippen LogP contribution in [0.25, 0.3) is 0 Å². The molecule has 0 saturated carbocycles. The van der Waals surface area contributed by atoms with Gasteiger partial charge in [-0.15, -0.1) is 12.4 Å². The molecule has 7 nitrogen and oxygen atoms in total. The van der Waals surface area contributed by atoms with Crippen molar-refractivity contribution >= 4 is 28.3 Å². The van der Waals surface area contributed by atoms with Gasteiger partial charge in [0, 0.05) is 26.2 Å². The quantitative estimate of drug-likeness (QED) is 0.483. The van der Waals surface area contributed by atoms with Gasteiger partial charge in [-0.1, -0.05) is 24.3 Å². The topological polar surface area (TPSA) is 96.5 Å². The summed E-state index contributed by atoms with van der Waals surface area (Å²) in [6.07, 6.45) is 0. The number of nitrogens with one attached hydrogen (secondary N) is 3. The Bertz CT molecular complexity index is 606. The van der Waals surface area contributed by atoms with Crippen LogP contribution in [0.1, 0.15) is 25.0 Å². The highest BCUT2D eigenvalue weighted by Gasteiger charge is 2.12. The van der Waals surface area contributed by atoms with E-state index in [1.54, 1.807) is 33.1 Å². The fraction of sp³-hybridized carbons (Fsp3) is 0.562. The number of ether oxygens (including phenoxy) is 1. The number of methoxy groups -OCH3 is 1. The van der Waals surface area contributed by atoms with Gasteiger partial charge < -0.3 is 15.4 Å². The molecule has 9 heteroatoms. The maximum atomic E-state index is 11.9. The second-order valence-corrected chi connectivity index (χ2v) is 7.55. The molecule has 3 N–H and O–H groups in total. The lowest BCUT2D eigenvalue weighted by atomic mass is 10.1. The molecule has 0 aliphatic rings. The Morgan fingerprint density at radius 3 is 2.32 bits per heavy atom. The monoisotopic (exact) mass is 393 g/mol. The lowest BCUT2D eigenvalue weighted by Gasteiger charge is -2.10. The number of amides is 1. The van der Waals surface area contributed by atoms with Crippen LogP contribution in [0.4, 0.5) is 0 Å². The van der Waals surface area contributed by atoms with E-state index in [4.69, 9.17) is 4.74 Å². The van der Waals surface area contributed by atoms with Gasteiger partial charge in [-0.25, -0.2) is 13.1 Å². The maximum Gasteiger partial charge on any atom is 0.234 e. The third-order valence-electron chi connectivity index (χ3n) is 3.05. The zero-order valence-corrected chi connectivity index (χ0v) is 16.5. The molecule has 1 rings (SSSR count). The van der Waals surface area contributed by atoms with E-state index in [9.17, 15) is 13.2 Å². The van der Waals surface area contributed by atoms with Crippen LogP contribution in [0.3, 0.4) is 0 Å². The summed E-state index contributed by atoms with van der Waals surface area (Å²) in [5.41, 5.74) is 1.62. The minimum absolute atomic E-state index is 0. The normalized spacial score (nSPS) is 11.2. The highest BCUT2D eigenvalue weighted by Crippen LogP contribution is 2.08. The fourth-order valence-corrected chi connectivity index (χ4v) is 3.45. The predicted molar refractivity (Wildman–Crippen MR) is 101 cm³/mol. The molecule has 1 amide bonds. The standard InChI is InChI=1S/C16H27N3O4S.ClH/c1-13(2)19-24(21,22)12-15-6-4-14(5-7-15)10-18-16(20)11-17-8-9-23-3;/h4-7,13,17,19H,8-12H2,1-3H3,(H,18,20);1H. The number of carbonyl (C=O) groups is 1. The zero-order chi connectivity index (χ0) is 18.0. The van der Waals surface area contributed by atoms with Crippen molar-refractivity contribution in [1.82, 2.24) is 15.4 Å². The lowest BCUT2D eigenvalue weighted by molar-refractivity contribution is -0.120. The van der Waals surface area contributed by atoms with Gasteiger partial charge in [0.1, 0.15) is 0 Å². The van der Waals surface area contributed by atoms with E-state index in [1.807, 2.05) is 12.1 Å². The summed E-state index contributed by atoms with van der Waals surface area (Å²) in [5.74, 6) is -0.153. The van der Waals surface area contributed by atoms with Gasteiger partial charge in [-0.05, 0) is 25.0 Å². The van der Waals surface area contributed by atoms with Gasteiger partial charge in [0.2, 0.25) is 15.9 Å². The van der Waals surface area contributed by atoms with Crippen LogP contribution in [0.15, 0.2) is 24.3 Å². The largest absolute Gasteiger partial charge is 0.383 e. The van der Waals surface area contributed by atoms with Crippen LogP contribution in [0.2, 0.25) is 0 Å². The smallest absolute Gasteiger partial charge is 0.234 e. The van der Waals surface area contributed by atoms with E-state index in [-0.39, 0.29) is 36.7 Å². The van der Waals surface area contributed by atoms with E-state index in [0.717, 1.165) is 5.56 Å². The van der Waals surface area contributed by atoms with Gasteiger partial charge in [0.05, 0.1) is 18.9 Å². The molecule has 0 bridgehead atoms. The number of halogens is 1. The SMILES string of the molecule is COCCNCC(=O)NCc1ccc(CS(=O)(=O)NC(C)C)cc1.Cl. The van der Waals surface area contributed by atoms with Gasteiger partial charge in [0.15, 0.2) is 0 Å². The molecule has 0 fully saturated rings. The number of hydrogen-bond acceptors (Lipinski definition) is 5. The molecule has 144 valence electrons. The summed E-state index contributed by atoms with van der Waals surface area (Å²) >= 11 is 0. The van der Waals surface area contributed by atoms with Crippen LogP contribution < -0.4 is 15.4 Å². The van der Waals surface area contributed by atoms with Crippen molar-refractivity contribution < 1.29 is 17.9 Å². The summed E-state index contributed by atoms with van der Waals surface area (Å²) in [6.45, 7) is 5.39. The second kappa shape index (κ2) is 12.2. The van der Waals surface area contributed by atoms with Crippen molar-refractivity contribution in [3.05, 3.63) is 35.4 Å². The number of carbonyl (C=O) groups excluding carboxylic acids is 1. The highest BCUT2D eigenvalue weighted by atomic mass is 35.5. The number of sulfonamides is 1. The first-order valence-electron chi connectivity index (χ1n) is 7.86. The third kappa shape index (κ3) is 11.1. The Morgan fingerprint density at radius 2 is 1.76 bits per heavy atom. The molecule has 0 saturated heterocycles. The summed E-state index contributed by atoms with van der Waals surface area (Å²) in [4.78, 5) is 11.6. The molecule has 0 unspecified atom stereocenters. The number of hydrogen-bond donors (Lipinski definition) is 3. The number of benzene rings is 1. The average Bonchev–Trinajstić information content (AvgIpc) is 2.49. The Kier molecular flexibility index (Phi) is 11.6. The van der Waals surface area contributed by atoms with Crippen LogP contribution >= 0.6 is 12.4 Å². The second-order valence-electron chi connectivity index (χ2n) is 5.79. The van der Waals surface area contributed by atoms with Crippen molar-refractivity contribution in [2.75, 3.05) is 26.8 Å². The first-order chi connectivity index (χ1) is 11.3. The zero-order valence-electron chi connectivity index (χ0n) is 14.9. The minimum atomic E-state index is -3.33. The molecule has 1 aromatic rings.